The maximum atomic E-state index is 6.01. The Morgan fingerprint density at radius 1 is 1.12 bits per heavy atom. The van der Waals surface area contributed by atoms with E-state index in [0.717, 1.165) is 68.1 Å². The van der Waals surface area contributed by atoms with E-state index in [1.54, 1.807) is 19.5 Å². The highest BCUT2D eigenvalue weighted by Crippen LogP contribution is 2.33. The summed E-state index contributed by atoms with van der Waals surface area (Å²) in [7, 11) is 1.65. The fourth-order valence-electron chi connectivity index (χ4n) is 3.61. The Hall–Kier alpha value is -3.01. The molecule has 3 aromatic rings. The zero-order chi connectivity index (χ0) is 22.2. The maximum absolute atomic E-state index is 6.01. The predicted molar refractivity (Wildman–Crippen MR) is 124 cm³/mol. The van der Waals surface area contributed by atoms with Crippen LogP contribution in [0.4, 0.5) is 5.82 Å². The molecule has 0 aliphatic carbocycles. The second kappa shape index (κ2) is 11.0. The normalized spacial score (nSPS) is 14.4. The molecule has 0 saturated carbocycles. The molecule has 0 amide bonds. The minimum Gasteiger partial charge on any atom is -0.493 e. The molecule has 170 valence electrons. The standard InChI is InChI=1S/C23H30N6O3/c1-30-21-15-17(3-4-20(21)32-14-11-29-9-12-31-13-10-29)18-16-19-22(26-8-7-25-19)23(28-18)27-6-2-5-24/h3-4,7-8,15-16H,2,5-6,9-14,24H2,1H3,(H,27,28). The molecule has 0 atom stereocenters. The first-order valence-corrected chi connectivity index (χ1v) is 11.0. The number of morpholine rings is 1. The molecule has 1 aromatic carbocycles. The highest BCUT2D eigenvalue weighted by molar-refractivity contribution is 5.88. The van der Waals surface area contributed by atoms with Crippen LogP contribution in [-0.4, -0.2) is 79.5 Å². The minimum atomic E-state index is 0.592. The maximum Gasteiger partial charge on any atom is 0.161 e. The van der Waals surface area contributed by atoms with Gasteiger partial charge in [0.25, 0.3) is 0 Å². The number of fused-ring (bicyclic) bond motifs is 1. The summed E-state index contributed by atoms with van der Waals surface area (Å²) < 4.78 is 17.0. The fourth-order valence-corrected chi connectivity index (χ4v) is 3.61. The van der Waals surface area contributed by atoms with Crippen LogP contribution in [0.5, 0.6) is 11.5 Å². The Morgan fingerprint density at radius 3 is 2.78 bits per heavy atom. The molecule has 0 unspecified atom stereocenters. The van der Waals surface area contributed by atoms with Crippen LogP contribution in [0.25, 0.3) is 22.3 Å². The lowest BCUT2D eigenvalue weighted by atomic mass is 10.1. The van der Waals surface area contributed by atoms with E-state index in [0.29, 0.717) is 30.5 Å². The molecule has 1 aliphatic rings. The van der Waals surface area contributed by atoms with Gasteiger partial charge in [0.1, 0.15) is 12.1 Å². The molecule has 0 bridgehead atoms. The van der Waals surface area contributed by atoms with Crippen LogP contribution in [0.1, 0.15) is 6.42 Å². The van der Waals surface area contributed by atoms with Gasteiger partial charge in [-0.25, -0.2) is 9.97 Å². The molecule has 3 N–H and O–H groups in total. The summed E-state index contributed by atoms with van der Waals surface area (Å²) in [6, 6.07) is 7.79. The molecular formula is C23H30N6O3. The molecule has 9 heteroatoms. The van der Waals surface area contributed by atoms with Crippen LogP contribution in [0.15, 0.2) is 36.7 Å². The molecule has 1 fully saturated rings. The van der Waals surface area contributed by atoms with Gasteiger partial charge in [-0.1, -0.05) is 0 Å². The van der Waals surface area contributed by atoms with Gasteiger partial charge in [0.2, 0.25) is 0 Å². The number of nitrogens with zero attached hydrogens (tertiary/aromatic N) is 4. The highest BCUT2D eigenvalue weighted by atomic mass is 16.5. The lowest BCUT2D eigenvalue weighted by Crippen LogP contribution is -2.38. The van der Waals surface area contributed by atoms with Gasteiger partial charge >= 0.3 is 0 Å². The third kappa shape index (κ3) is 5.42. The Bertz CT molecular complexity index is 1030. The summed E-state index contributed by atoms with van der Waals surface area (Å²) in [6.07, 6.45) is 4.20. The topological polar surface area (TPSA) is 108 Å². The van der Waals surface area contributed by atoms with Crippen LogP contribution in [0.2, 0.25) is 0 Å². The summed E-state index contributed by atoms with van der Waals surface area (Å²) in [4.78, 5) is 16.0. The fraction of sp³-hybridized carbons (Fsp3) is 0.435. The van der Waals surface area contributed by atoms with Crippen molar-refractivity contribution in [3.8, 4) is 22.8 Å². The molecule has 32 heavy (non-hydrogen) atoms. The number of nitrogens with one attached hydrogen (secondary N) is 1. The highest BCUT2D eigenvalue weighted by Gasteiger charge is 2.14. The van der Waals surface area contributed by atoms with Crippen molar-refractivity contribution >= 4 is 16.9 Å². The number of rotatable bonds is 10. The van der Waals surface area contributed by atoms with Gasteiger partial charge in [0.15, 0.2) is 17.3 Å². The van der Waals surface area contributed by atoms with E-state index in [1.807, 2.05) is 24.3 Å². The monoisotopic (exact) mass is 438 g/mol. The number of ether oxygens (including phenoxy) is 3. The number of hydrogen-bond donors (Lipinski definition) is 2. The SMILES string of the molecule is COc1cc(-c2cc3nccnc3c(NCCCN)n2)ccc1OCCN1CCOCC1. The van der Waals surface area contributed by atoms with Gasteiger partial charge in [0, 0.05) is 44.1 Å². The first-order valence-electron chi connectivity index (χ1n) is 11.0. The average molecular weight is 439 g/mol. The molecule has 0 radical (unpaired) electrons. The smallest absolute Gasteiger partial charge is 0.161 e. The van der Waals surface area contributed by atoms with Crippen molar-refractivity contribution in [1.29, 1.82) is 0 Å². The molecular weight excluding hydrogens is 408 g/mol. The summed E-state index contributed by atoms with van der Waals surface area (Å²) in [5, 5.41) is 3.33. The number of benzene rings is 1. The molecule has 2 aromatic heterocycles. The average Bonchev–Trinajstić information content (AvgIpc) is 2.85. The van der Waals surface area contributed by atoms with Crippen LogP contribution in [0.3, 0.4) is 0 Å². The zero-order valence-corrected chi connectivity index (χ0v) is 18.4. The molecule has 4 rings (SSSR count). The Balaban J connectivity index is 1.53. The van der Waals surface area contributed by atoms with E-state index in [2.05, 4.69) is 20.2 Å². The molecule has 9 nitrogen and oxygen atoms in total. The van der Waals surface area contributed by atoms with Crippen LogP contribution < -0.4 is 20.5 Å². The Labute approximate surface area is 187 Å². The van der Waals surface area contributed by atoms with Crippen molar-refractivity contribution < 1.29 is 14.2 Å². The van der Waals surface area contributed by atoms with Crippen LogP contribution in [-0.2, 0) is 4.74 Å². The molecule has 1 saturated heterocycles. The number of pyridine rings is 1. The molecule has 3 heterocycles. The van der Waals surface area contributed by atoms with Gasteiger partial charge in [-0.3, -0.25) is 9.88 Å². The van der Waals surface area contributed by atoms with Crippen molar-refractivity contribution in [1.82, 2.24) is 19.9 Å². The summed E-state index contributed by atoms with van der Waals surface area (Å²) in [6.45, 7) is 6.23. The molecule has 1 aliphatic heterocycles. The first-order chi connectivity index (χ1) is 15.8. The van der Waals surface area contributed by atoms with Crippen LogP contribution >= 0.6 is 0 Å². The third-order valence-electron chi connectivity index (χ3n) is 5.36. The quantitative estimate of drug-likeness (QED) is 0.460. The van der Waals surface area contributed by atoms with Gasteiger partial charge < -0.3 is 25.3 Å². The zero-order valence-electron chi connectivity index (χ0n) is 18.4. The van der Waals surface area contributed by atoms with Gasteiger partial charge in [0.05, 0.1) is 31.5 Å². The van der Waals surface area contributed by atoms with E-state index in [4.69, 9.17) is 24.9 Å². The first kappa shape index (κ1) is 22.2. The second-order valence-electron chi connectivity index (χ2n) is 7.52. The van der Waals surface area contributed by atoms with E-state index in [9.17, 15) is 0 Å². The predicted octanol–water partition coefficient (Wildman–Crippen LogP) is 2.17. The number of hydrogen-bond acceptors (Lipinski definition) is 9. The van der Waals surface area contributed by atoms with Crippen molar-refractivity contribution in [3.05, 3.63) is 36.7 Å². The Morgan fingerprint density at radius 2 is 1.97 bits per heavy atom. The number of anilines is 1. The van der Waals surface area contributed by atoms with Gasteiger partial charge in [-0.05, 0) is 37.2 Å². The summed E-state index contributed by atoms with van der Waals surface area (Å²) in [5.74, 6) is 2.08. The van der Waals surface area contributed by atoms with E-state index < -0.39 is 0 Å². The van der Waals surface area contributed by atoms with Crippen molar-refractivity contribution in [2.24, 2.45) is 5.73 Å². The van der Waals surface area contributed by atoms with Crippen molar-refractivity contribution in [2.45, 2.75) is 6.42 Å². The number of methoxy groups -OCH3 is 1. The minimum absolute atomic E-state index is 0.592. The van der Waals surface area contributed by atoms with Crippen LogP contribution in [0, 0.1) is 0 Å². The second-order valence-corrected chi connectivity index (χ2v) is 7.52. The lowest BCUT2D eigenvalue weighted by Gasteiger charge is -2.26. The summed E-state index contributed by atoms with van der Waals surface area (Å²) >= 11 is 0. The number of nitrogens with two attached hydrogens (primary N) is 1. The van der Waals surface area contributed by atoms with Crippen molar-refractivity contribution in [2.75, 3.05) is 65.0 Å². The van der Waals surface area contributed by atoms with Gasteiger partial charge in [-0.2, -0.15) is 0 Å². The largest absolute Gasteiger partial charge is 0.493 e. The molecule has 0 spiro atoms. The van der Waals surface area contributed by atoms with Crippen molar-refractivity contribution in [3.63, 3.8) is 0 Å². The van der Waals surface area contributed by atoms with E-state index >= 15 is 0 Å². The number of aromatic nitrogens is 3. The summed E-state index contributed by atoms with van der Waals surface area (Å²) in [5.41, 5.74) is 8.84. The van der Waals surface area contributed by atoms with Gasteiger partial charge in [-0.15, -0.1) is 0 Å². The third-order valence-corrected chi connectivity index (χ3v) is 5.36. The van der Waals surface area contributed by atoms with E-state index in [-0.39, 0.29) is 0 Å². The Kier molecular flexibility index (Phi) is 7.65. The lowest BCUT2D eigenvalue weighted by molar-refractivity contribution is 0.0321. The van der Waals surface area contributed by atoms with E-state index in [1.165, 1.54) is 0 Å².